The van der Waals surface area contributed by atoms with Crippen LogP contribution in [0.5, 0.6) is 0 Å². The van der Waals surface area contributed by atoms with Crippen LogP contribution in [0.4, 0.5) is 0 Å². The van der Waals surface area contributed by atoms with Crippen molar-refractivity contribution in [2.75, 3.05) is 19.8 Å². The molecule has 2 aliphatic heterocycles. The van der Waals surface area contributed by atoms with E-state index in [1.54, 1.807) is 0 Å². The molecular weight excluding hydrogens is 166 g/mol. The lowest BCUT2D eigenvalue weighted by molar-refractivity contribution is 0.0823. The van der Waals surface area contributed by atoms with Crippen LogP contribution in [0.25, 0.3) is 0 Å². The third-order valence-electron chi connectivity index (χ3n) is 2.47. The molecule has 1 fully saturated rings. The van der Waals surface area contributed by atoms with E-state index in [2.05, 4.69) is 22.5 Å². The van der Waals surface area contributed by atoms with Crippen molar-refractivity contribution in [2.24, 2.45) is 4.99 Å². The molecule has 1 saturated heterocycles. The Morgan fingerprint density at radius 2 is 2.23 bits per heavy atom. The third kappa shape index (κ3) is 2.34. The van der Waals surface area contributed by atoms with Crippen molar-refractivity contribution in [1.82, 2.24) is 10.6 Å². The molecule has 2 aliphatic rings. The average Bonchev–Trinajstić information content (AvgIpc) is 2.53. The number of nitrogens with one attached hydrogen (secondary N) is 2. The lowest BCUT2D eigenvalue weighted by atomic mass is 10.1. The Kier molecular flexibility index (Phi) is 2.68. The summed E-state index contributed by atoms with van der Waals surface area (Å²) in [7, 11) is 0. The van der Waals surface area contributed by atoms with Gasteiger partial charge in [0, 0.05) is 25.3 Å². The fourth-order valence-electron chi connectivity index (χ4n) is 1.68. The number of nitrogens with zero attached hydrogens (tertiary/aromatic N) is 1. The van der Waals surface area contributed by atoms with Crippen LogP contribution >= 0.6 is 0 Å². The molecule has 0 radical (unpaired) electrons. The maximum Gasteiger partial charge on any atom is 0.191 e. The molecule has 0 aromatic rings. The molecule has 0 aliphatic carbocycles. The van der Waals surface area contributed by atoms with Crippen LogP contribution in [0, 0.1) is 0 Å². The molecule has 0 bridgehead atoms. The Bertz CT molecular complexity index is 199. The predicted octanol–water partition coefficient (Wildman–Crippen LogP) is 0.103. The Morgan fingerprint density at radius 3 is 2.85 bits per heavy atom. The summed E-state index contributed by atoms with van der Waals surface area (Å²) in [6.07, 6.45) is 2.18. The third-order valence-corrected chi connectivity index (χ3v) is 2.47. The van der Waals surface area contributed by atoms with Crippen LogP contribution < -0.4 is 10.6 Å². The molecule has 2 heterocycles. The lowest BCUT2D eigenvalue weighted by Gasteiger charge is -2.24. The summed E-state index contributed by atoms with van der Waals surface area (Å²) in [4.78, 5) is 4.36. The molecular formula is C9H17N3O. The molecule has 0 aromatic carbocycles. The molecule has 74 valence electrons. The van der Waals surface area contributed by atoms with Crippen molar-refractivity contribution in [1.29, 1.82) is 0 Å². The summed E-state index contributed by atoms with van der Waals surface area (Å²) in [6, 6.07) is 1.03. The monoisotopic (exact) mass is 183 g/mol. The van der Waals surface area contributed by atoms with Crippen molar-refractivity contribution in [2.45, 2.75) is 31.8 Å². The van der Waals surface area contributed by atoms with Gasteiger partial charge < -0.3 is 15.4 Å². The summed E-state index contributed by atoms with van der Waals surface area (Å²) in [5.41, 5.74) is 0. The SMILES string of the molecule is CC1CN=C(NC2CCOCC2)N1. The minimum Gasteiger partial charge on any atom is -0.381 e. The molecule has 2 rings (SSSR count). The molecule has 4 nitrogen and oxygen atoms in total. The van der Waals surface area contributed by atoms with Gasteiger partial charge in [0.05, 0.1) is 6.54 Å². The highest BCUT2D eigenvalue weighted by atomic mass is 16.5. The van der Waals surface area contributed by atoms with Gasteiger partial charge in [-0.15, -0.1) is 0 Å². The standard InChI is InChI=1S/C9H17N3O/c1-7-6-10-9(11-7)12-8-2-4-13-5-3-8/h7-8H,2-6H2,1H3,(H2,10,11,12). The van der Waals surface area contributed by atoms with E-state index in [1.807, 2.05) is 0 Å². The highest BCUT2D eigenvalue weighted by Gasteiger charge is 2.18. The van der Waals surface area contributed by atoms with Gasteiger partial charge in [0.1, 0.15) is 0 Å². The number of hydrogen-bond donors (Lipinski definition) is 2. The van der Waals surface area contributed by atoms with Crippen LogP contribution in [0.3, 0.4) is 0 Å². The van der Waals surface area contributed by atoms with E-state index in [-0.39, 0.29) is 0 Å². The van der Waals surface area contributed by atoms with E-state index in [0.29, 0.717) is 12.1 Å². The first-order valence-electron chi connectivity index (χ1n) is 5.00. The fraction of sp³-hybridized carbons (Fsp3) is 0.889. The minimum atomic E-state index is 0.488. The summed E-state index contributed by atoms with van der Waals surface area (Å²) in [6.45, 7) is 4.79. The highest BCUT2D eigenvalue weighted by Crippen LogP contribution is 2.06. The Labute approximate surface area is 78.8 Å². The molecule has 1 atom stereocenters. The quantitative estimate of drug-likeness (QED) is 0.606. The zero-order valence-electron chi connectivity index (χ0n) is 8.05. The van der Waals surface area contributed by atoms with Gasteiger partial charge in [-0.05, 0) is 19.8 Å². The van der Waals surface area contributed by atoms with Gasteiger partial charge in [-0.1, -0.05) is 0 Å². The van der Waals surface area contributed by atoms with Gasteiger partial charge in [0.25, 0.3) is 0 Å². The van der Waals surface area contributed by atoms with E-state index in [9.17, 15) is 0 Å². The second-order valence-corrected chi connectivity index (χ2v) is 3.77. The smallest absolute Gasteiger partial charge is 0.191 e. The number of ether oxygens (including phenoxy) is 1. The molecule has 0 aromatic heterocycles. The summed E-state index contributed by atoms with van der Waals surface area (Å²) in [5.74, 6) is 0.972. The zero-order chi connectivity index (χ0) is 9.10. The van der Waals surface area contributed by atoms with Gasteiger partial charge in [-0.25, -0.2) is 0 Å². The molecule has 0 amide bonds. The summed E-state index contributed by atoms with van der Waals surface area (Å²) >= 11 is 0. The fourth-order valence-corrected chi connectivity index (χ4v) is 1.68. The number of guanidine groups is 1. The van der Waals surface area contributed by atoms with Gasteiger partial charge >= 0.3 is 0 Å². The van der Waals surface area contributed by atoms with E-state index in [4.69, 9.17) is 4.74 Å². The van der Waals surface area contributed by atoms with Crippen molar-refractivity contribution in [3.63, 3.8) is 0 Å². The van der Waals surface area contributed by atoms with Crippen molar-refractivity contribution in [3.8, 4) is 0 Å². The number of hydrogen-bond acceptors (Lipinski definition) is 4. The van der Waals surface area contributed by atoms with E-state index in [1.165, 1.54) is 0 Å². The maximum atomic E-state index is 5.29. The lowest BCUT2D eigenvalue weighted by Crippen LogP contribution is -2.45. The number of aliphatic imine (C=N–C) groups is 1. The second kappa shape index (κ2) is 3.96. The summed E-state index contributed by atoms with van der Waals surface area (Å²) < 4.78 is 5.29. The largest absolute Gasteiger partial charge is 0.381 e. The Morgan fingerprint density at radius 1 is 1.46 bits per heavy atom. The Balaban J connectivity index is 1.77. The van der Waals surface area contributed by atoms with Crippen molar-refractivity contribution >= 4 is 5.96 Å². The first-order chi connectivity index (χ1) is 6.34. The van der Waals surface area contributed by atoms with Crippen LogP contribution in [0.15, 0.2) is 4.99 Å². The van der Waals surface area contributed by atoms with Crippen molar-refractivity contribution < 1.29 is 4.74 Å². The van der Waals surface area contributed by atoms with Crippen molar-refractivity contribution in [3.05, 3.63) is 0 Å². The Hall–Kier alpha value is -0.770. The van der Waals surface area contributed by atoms with Crippen LogP contribution in [0.2, 0.25) is 0 Å². The van der Waals surface area contributed by atoms with E-state index < -0.39 is 0 Å². The first-order valence-corrected chi connectivity index (χ1v) is 5.00. The molecule has 0 spiro atoms. The summed E-state index contributed by atoms with van der Waals surface area (Å²) in [5, 5.41) is 6.71. The molecule has 1 unspecified atom stereocenters. The van der Waals surface area contributed by atoms with Gasteiger partial charge in [-0.3, -0.25) is 4.99 Å². The van der Waals surface area contributed by atoms with Gasteiger partial charge in [-0.2, -0.15) is 0 Å². The molecule has 2 N–H and O–H groups in total. The van der Waals surface area contributed by atoms with Crippen LogP contribution in [0.1, 0.15) is 19.8 Å². The first kappa shape index (κ1) is 8.81. The predicted molar refractivity (Wildman–Crippen MR) is 51.9 cm³/mol. The number of rotatable bonds is 1. The molecule has 13 heavy (non-hydrogen) atoms. The highest BCUT2D eigenvalue weighted by molar-refractivity contribution is 5.81. The molecule has 0 saturated carbocycles. The molecule has 4 heteroatoms. The normalized spacial score (nSPS) is 29.6. The maximum absolute atomic E-state index is 5.29. The van der Waals surface area contributed by atoms with Gasteiger partial charge in [0.2, 0.25) is 0 Å². The van der Waals surface area contributed by atoms with Crippen LogP contribution in [-0.4, -0.2) is 37.8 Å². The average molecular weight is 183 g/mol. The van der Waals surface area contributed by atoms with E-state index >= 15 is 0 Å². The van der Waals surface area contributed by atoms with Crippen LogP contribution in [-0.2, 0) is 4.74 Å². The van der Waals surface area contributed by atoms with E-state index in [0.717, 1.165) is 38.6 Å². The minimum absolute atomic E-state index is 0.488. The topological polar surface area (TPSA) is 45.7 Å². The zero-order valence-corrected chi connectivity index (χ0v) is 8.05. The van der Waals surface area contributed by atoms with Gasteiger partial charge in [0.15, 0.2) is 5.96 Å². The second-order valence-electron chi connectivity index (χ2n) is 3.77.